The van der Waals surface area contributed by atoms with Crippen molar-refractivity contribution >= 4 is 24.5 Å². The van der Waals surface area contributed by atoms with E-state index in [0.29, 0.717) is 0 Å². The number of carboxylic acids is 1. The molecule has 1 atom stereocenters. The summed E-state index contributed by atoms with van der Waals surface area (Å²) in [5.41, 5.74) is 0. The van der Waals surface area contributed by atoms with Crippen LogP contribution in [0.25, 0.3) is 0 Å². The van der Waals surface area contributed by atoms with Crippen molar-refractivity contribution in [3.05, 3.63) is 0 Å². The zero-order valence-electron chi connectivity index (χ0n) is 5.77. The van der Waals surface area contributed by atoms with Crippen LogP contribution in [0.5, 0.6) is 0 Å². The molecule has 0 aliphatic rings. The van der Waals surface area contributed by atoms with Gasteiger partial charge in [-0.05, 0) is 0 Å². The Morgan fingerprint density at radius 2 is 2.09 bits per heavy atom. The minimum atomic E-state index is -1.34. The maximum absolute atomic E-state index is 10.3. The number of hydrogen-bond donors (Lipinski definition) is 1. The van der Waals surface area contributed by atoms with E-state index in [2.05, 4.69) is 17.9 Å². The molecule has 0 aromatic carbocycles. The van der Waals surface area contributed by atoms with Crippen LogP contribution >= 0.6 is 0 Å². The third kappa shape index (κ3) is 6.22. The van der Waals surface area contributed by atoms with Gasteiger partial charge in [-0.2, -0.15) is 5.75 Å². The second-order valence-corrected chi connectivity index (χ2v) is 2.07. The fourth-order valence-corrected chi connectivity index (χ4v) is 0.633. The molecule has 11 heavy (non-hydrogen) atoms. The van der Waals surface area contributed by atoms with Crippen molar-refractivity contribution < 1.29 is 31.8 Å². The average molecular weight is 217 g/mol. The minimum absolute atomic E-state index is 0. The van der Waals surface area contributed by atoms with Crippen molar-refractivity contribution in [3.8, 4) is 0 Å². The van der Waals surface area contributed by atoms with E-state index in [1.165, 1.54) is 6.92 Å². The molecular weight excluding hydrogens is 210 g/mol. The van der Waals surface area contributed by atoms with E-state index < -0.39 is 17.9 Å². The maximum atomic E-state index is 10.3. The topological polar surface area (TPSA) is 69.2 Å². The van der Waals surface area contributed by atoms with E-state index in [1.807, 2.05) is 0 Å². The van der Waals surface area contributed by atoms with Gasteiger partial charge in [0.25, 0.3) is 0 Å². The summed E-state index contributed by atoms with van der Waals surface area (Å²) in [6.45, 7) is 1.22. The molecule has 0 saturated carbocycles. The number of aliphatic carboxylic acids is 1. The first kappa shape index (κ1) is 13.4. The normalized spacial score (nSPS) is 11.1. The molecule has 0 unspecified atom stereocenters. The number of nitrogens with one attached hydrogen (secondary N) is 1. The largest absolute Gasteiger partial charge is 2.00 e. The number of carbonyl (C=O) groups is 2. The van der Waals surface area contributed by atoms with Crippen LogP contribution in [0.15, 0.2) is 0 Å². The van der Waals surface area contributed by atoms with Crippen LogP contribution in [0, 0.1) is 0 Å². The van der Waals surface area contributed by atoms with Crippen LogP contribution in [0.4, 0.5) is 0 Å². The molecule has 0 fully saturated rings. The van der Waals surface area contributed by atoms with E-state index in [4.69, 9.17) is 0 Å². The molecule has 1 N–H and O–H groups in total. The van der Waals surface area contributed by atoms with Crippen LogP contribution < -0.4 is 10.4 Å². The number of amides is 1. The van der Waals surface area contributed by atoms with Gasteiger partial charge >= 0.3 is 17.1 Å². The Balaban J connectivity index is 0. The molecule has 0 saturated heterocycles. The monoisotopic (exact) mass is 217 g/mol. The van der Waals surface area contributed by atoms with Crippen LogP contribution in [0.1, 0.15) is 6.92 Å². The van der Waals surface area contributed by atoms with Crippen LogP contribution in [-0.2, 0) is 39.3 Å². The molecule has 0 aromatic rings. The Kier molecular flexibility index (Phi) is 7.94. The Morgan fingerprint density at radius 1 is 1.64 bits per heavy atom. The van der Waals surface area contributed by atoms with E-state index in [1.54, 1.807) is 0 Å². The van der Waals surface area contributed by atoms with Crippen molar-refractivity contribution in [2.75, 3.05) is 5.75 Å². The van der Waals surface area contributed by atoms with Gasteiger partial charge < -0.3 is 27.8 Å². The molecule has 0 rings (SSSR count). The van der Waals surface area contributed by atoms with Crippen molar-refractivity contribution in [2.24, 2.45) is 0 Å². The SMILES string of the molecule is CC(=O)N[C@@H](C[S-])C(=O)[O-].[Fe+2]. The quantitative estimate of drug-likeness (QED) is 0.429. The second-order valence-electron chi connectivity index (χ2n) is 1.74. The standard InChI is InChI=1S/C5H9NO3S.Fe/c1-3(7)6-4(2-10)5(8)9;/h4,10H,2H2,1H3,(H,6,7)(H,8,9);/q;+2/p-2/t4-;/m0./s1. The van der Waals surface area contributed by atoms with Gasteiger partial charge in [0.1, 0.15) is 0 Å². The molecule has 0 aliphatic heterocycles. The predicted molar refractivity (Wildman–Crippen MR) is 34.8 cm³/mol. The van der Waals surface area contributed by atoms with E-state index in [-0.39, 0.29) is 22.8 Å². The summed E-state index contributed by atoms with van der Waals surface area (Å²) in [5.74, 6) is -1.83. The molecular formula is C5H7FeNO3S. The summed E-state index contributed by atoms with van der Waals surface area (Å²) in [7, 11) is 0. The van der Waals surface area contributed by atoms with E-state index in [9.17, 15) is 14.7 Å². The Labute approximate surface area is 80.6 Å². The Morgan fingerprint density at radius 3 is 2.18 bits per heavy atom. The van der Waals surface area contributed by atoms with Crippen molar-refractivity contribution in [2.45, 2.75) is 13.0 Å². The number of carboxylic acid groups (broad SMARTS) is 1. The average Bonchev–Trinajstić information content (AvgIpc) is 1.81. The zero-order chi connectivity index (χ0) is 8.15. The van der Waals surface area contributed by atoms with Gasteiger partial charge in [-0.25, -0.2) is 0 Å². The summed E-state index contributed by atoms with van der Waals surface area (Å²) in [6, 6.07) is -1.03. The first-order valence-electron chi connectivity index (χ1n) is 2.64. The first-order valence-corrected chi connectivity index (χ1v) is 3.21. The third-order valence-corrected chi connectivity index (χ3v) is 1.16. The third-order valence-electron chi connectivity index (χ3n) is 0.829. The Bertz CT molecular complexity index is 153. The van der Waals surface area contributed by atoms with Gasteiger partial charge in [0.05, 0.1) is 5.97 Å². The van der Waals surface area contributed by atoms with E-state index >= 15 is 0 Å². The smallest absolute Gasteiger partial charge is 0.790 e. The van der Waals surface area contributed by atoms with E-state index in [0.717, 1.165) is 0 Å². The van der Waals surface area contributed by atoms with Crippen molar-refractivity contribution in [1.82, 2.24) is 5.32 Å². The molecule has 0 spiro atoms. The van der Waals surface area contributed by atoms with Gasteiger partial charge in [-0.3, -0.25) is 4.79 Å². The molecule has 0 bridgehead atoms. The van der Waals surface area contributed by atoms with Crippen LogP contribution in [-0.4, -0.2) is 23.7 Å². The number of carbonyl (C=O) groups excluding carboxylic acids is 2. The van der Waals surface area contributed by atoms with Crippen LogP contribution in [0.2, 0.25) is 0 Å². The molecule has 0 heterocycles. The van der Waals surface area contributed by atoms with Gasteiger partial charge in [-0.15, -0.1) is 0 Å². The van der Waals surface area contributed by atoms with Crippen LogP contribution in [0.3, 0.4) is 0 Å². The van der Waals surface area contributed by atoms with Crippen molar-refractivity contribution in [1.29, 1.82) is 0 Å². The zero-order valence-corrected chi connectivity index (χ0v) is 7.69. The van der Waals surface area contributed by atoms with Gasteiger partial charge in [0.2, 0.25) is 5.91 Å². The second kappa shape index (κ2) is 6.52. The summed E-state index contributed by atoms with van der Waals surface area (Å²) in [6.07, 6.45) is 0. The number of rotatable bonds is 3. The Hall–Kier alpha value is -0.191. The molecule has 0 aromatic heterocycles. The minimum Gasteiger partial charge on any atom is -0.790 e. The predicted octanol–water partition coefficient (Wildman–Crippen LogP) is -2.21. The maximum Gasteiger partial charge on any atom is 2.00 e. The molecule has 1 amide bonds. The summed E-state index contributed by atoms with van der Waals surface area (Å²) >= 11 is 4.43. The molecule has 0 radical (unpaired) electrons. The fourth-order valence-electron chi connectivity index (χ4n) is 0.414. The first-order chi connectivity index (χ1) is 4.57. The molecule has 4 nitrogen and oxygen atoms in total. The number of hydrogen-bond acceptors (Lipinski definition) is 4. The summed E-state index contributed by atoms with van der Waals surface area (Å²) < 4.78 is 0. The van der Waals surface area contributed by atoms with Gasteiger partial charge in [0.15, 0.2) is 0 Å². The molecule has 64 valence electrons. The molecule has 6 heteroatoms. The molecule has 0 aliphatic carbocycles. The van der Waals surface area contributed by atoms with Gasteiger partial charge in [-0.1, -0.05) is 0 Å². The summed E-state index contributed by atoms with van der Waals surface area (Å²) in [5, 5.41) is 12.2. The fraction of sp³-hybridized carbons (Fsp3) is 0.600. The van der Waals surface area contributed by atoms with Gasteiger partial charge in [0, 0.05) is 13.0 Å². The van der Waals surface area contributed by atoms with Crippen molar-refractivity contribution in [3.63, 3.8) is 0 Å². The summed E-state index contributed by atoms with van der Waals surface area (Å²) in [4.78, 5) is 20.3.